The minimum absolute atomic E-state index is 0.0818. The van der Waals surface area contributed by atoms with E-state index in [9.17, 15) is 14.9 Å². The number of hydrogen-bond donors (Lipinski definition) is 1. The molecule has 0 aliphatic heterocycles. The fourth-order valence-corrected chi connectivity index (χ4v) is 4.11. The molecule has 0 fully saturated rings. The van der Waals surface area contributed by atoms with E-state index < -0.39 is 0 Å². The van der Waals surface area contributed by atoms with Gasteiger partial charge in [0, 0.05) is 28.5 Å². The molecule has 1 aromatic heterocycles. The third kappa shape index (κ3) is 3.90. The fourth-order valence-electron chi connectivity index (χ4n) is 4.11. The Labute approximate surface area is 201 Å². The monoisotopic (exact) mass is 455 g/mol. The highest BCUT2D eigenvalue weighted by molar-refractivity contribution is 5.93. The van der Waals surface area contributed by atoms with Gasteiger partial charge in [0.2, 0.25) is 0 Å². The highest BCUT2D eigenvalue weighted by atomic mass is 19.1. The Kier molecular flexibility index (Phi) is 5.55. The summed E-state index contributed by atoms with van der Waals surface area (Å²) in [7, 11) is 0. The first-order valence-electron chi connectivity index (χ1n) is 10.8. The zero-order chi connectivity index (χ0) is 24.4. The average Bonchev–Trinajstić information content (AvgIpc) is 3.35. The van der Waals surface area contributed by atoms with E-state index in [1.54, 1.807) is 22.9 Å². The number of rotatable bonds is 4. The van der Waals surface area contributed by atoms with Gasteiger partial charge in [-0.05, 0) is 35.9 Å². The Morgan fingerprint density at radius 1 is 0.714 bits per heavy atom. The summed E-state index contributed by atoms with van der Waals surface area (Å²) in [5.41, 5.74) is 11.6. The van der Waals surface area contributed by atoms with Gasteiger partial charge in [-0.15, -0.1) is 0 Å². The van der Waals surface area contributed by atoms with Crippen LogP contribution >= 0.6 is 0 Å². The predicted octanol–water partition coefficient (Wildman–Crippen LogP) is 6.34. The number of nitriles is 2. The van der Waals surface area contributed by atoms with Crippen LogP contribution in [0.1, 0.15) is 11.1 Å². The van der Waals surface area contributed by atoms with Gasteiger partial charge in [-0.3, -0.25) is 0 Å². The maximum Gasteiger partial charge on any atom is 0.123 e. The van der Waals surface area contributed by atoms with Crippen LogP contribution in [0, 0.1) is 28.5 Å². The van der Waals surface area contributed by atoms with E-state index in [4.69, 9.17) is 10.8 Å². The summed E-state index contributed by atoms with van der Waals surface area (Å²) in [5.74, 6) is -0.385. The van der Waals surface area contributed by atoms with Gasteiger partial charge in [-0.25, -0.2) is 9.07 Å². The Balaban J connectivity index is 1.83. The molecule has 5 aromatic rings. The van der Waals surface area contributed by atoms with Gasteiger partial charge in [0.25, 0.3) is 0 Å². The largest absolute Gasteiger partial charge is 0.397 e. The van der Waals surface area contributed by atoms with Gasteiger partial charge in [0.1, 0.15) is 23.6 Å². The number of benzene rings is 4. The number of para-hydroxylation sites is 1. The zero-order valence-electron chi connectivity index (χ0n) is 18.5. The number of hydrogen-bond acceptors (Lipinski definition) is 4. The van der Waals surface area contributed by atoms with Gasteiger partial charge in [-0.1, -0.05) is 60.7 Å². The molecule has 35 heavy (non-hydrogen) atoms. The number of nitrogen functional groups attached to an aromatic ring is 1. The summed E-state index contributed by atoms with van der Waals surface area (Å²) >= 11 is 0. The van der Waals surface area contributed by atoms with E-state index in [-0.39, 0.29) is 22.6 Å². The van der Waals surface area contributed by atoms with Crippen molar-refractivity contribution in [3.05, 3.63) is 114 Å². The Morgan fingerprint density at radius 3 is 1.94 bits per heavy atom. The molecule has 0 unspecified atom stereocenters. The molecule has 0 radical (unpaired) electrons. The number of nitrogens with two attached hydrogens (primary N) is 1. The third-order valence-corrected chi connectivity index (χ3v) is 5.82. The molecular weight excluding hydrogens is 437 g/mol. The molecule has 0 spiro atoms. The van der Waals surface area contributed by atoms with Crippen molar-refractivity contribution in [2.24, 2.45) is 0 Å². The van der Waals surface area contributed by atoms with Crippen LogP contribution in [0.4, 0.5) is 10.1 Å². The summed E-state index contributed by atoms with van der Waals surface area (Å²) in [6, 6.07) is 31.2. The number of nitrogens with zero attached hydrogens (tertiary/aromatic N) is 4. The lowest BCUT2D eigenvalue weighted by Gasteiger charge is -2.14. The number of aromatic nitrogens is 2. The van der Waals surface area contributed by atoms with Crippen LogP contribution in [0.2, 0.25) is 0 Å². The molecule has 0 atom stereocenters. The van der Waals surface area contributed by atoms with E-state index in [0.29, 0.717) is 27.9 Å². The summed E-state index contributed by atoms with van der Waals surface area (Å²) in [6.07, 6.45) is 1.85. The van der Waals surface area contributed by atoms with Crippen LogP contribution in [-0.4, -0.2) is 9.78 Å². The Morgan fingerprint density at radius 2 is 1.31 bits per heavy atom. The second-order valence-corrected chi connectivity index (χ2v) is 7.90. The molecule has 1 heterocycles. The molecular formula is C29H18FN5. The molecule has 0 aliphatic carbocycles. The molecule has 0 aliphatic rings. The van der Waals surface area contributed by atoms with Gasteiger partial charge in [0.15, 0.2) is 0 Å². The Bertz CT molecular complexity index is 1610. The highest BCUT2D eigenvalue weighted by Crippen LogP contribution is 2.40. The summed E-state index contributed by atoms with van der Waals surface area (Å²) in [6.45, 7) is 0. The first-order valence-corrected chi connectivity index (χ1v) is 10.8. The zero-order valence-corrected chi connectivity index (χ0v) is 18.5. The van der Waals surface area contributed by atoms with Crippen molar-refractivity contribution in [1.29, 1.82) is 10.5 Å². The second kappa shape index (κ2) is 8.97. The number of anilines is 1. The SMILES string of the molecule is N#Cc1c(-c2ccc(F)cc2)cc(-c2cn(-c3ccccc3)nc2-c2ccccc2)c(C#N)c1N. The average molecular weight is 455 g/mol. The standard InChI is InChI=1S/C29H18FN5/c30-21-13-11-19(12-14-21)23-15-24(26(17-32)28(33)25(23)16-31)27-18-35(22-9-5-2-6-10-22)34-29(27)20-7-3-1-4-8-20/h1-15,18H,33H2. The van der Waals surface area contributed by atoms with E-state index in [0.717, 1.165) is 11.3 Å². The predicted molar refractivity (Wildman–Crippen MR) is 134 cm³/mol. The van der Waals surface area contributed by atoms with Crippen LogP contribution in [0.5, 0.6) is 0 Å². The molecule has 0 saturated carbocycles. The van der Waals surface area contributed by atoms with E-state index in [1.807, 2.05) is 66.9 Å². The van der Waals surface area contributed by atoms with Crippen LogP contribution in [0.25, 0.3) is 39.2 Å². The quantitative estimate of drug-likeness (QED) is 0.320. The minimum Gasteiger partial charge on any atom is -0.397 e. The van der Waals surface area contributed by atoms with Crippen molar-refractivity contribution >= 4 is 5.69 Å². The summed E-state index contributed by atoms with van der Waals surface area (Å²) in [4.78, 5) is 0. The maximum atomic E-state index is 13.6. The van der Waals surface area contributed by atoms with Crippen molar-refractivity contribution in [3.8, 4) is 51.3 Å². The molecule has 6 heteroatoms. The molecule has 0 saturated heterocycles. The fraction of sp³-hybridized carbons (Fsp3) is 0. The molecule has 0 bridgehead atoms. The smallest absolute Gasteiger partial charge is 0.123 e. The lowest BCUT2D eigenvalue weighted by molar-refractivity contribution is 0.628. The van der Waals surface area contributed by atoms with Gasteiger partial charge in [0.05, 0.1) is 22.5 Å². The van der Waals surface area contributed by atoms with E-state index in [1.165, 1.54) is 12.1 Å². The van der Waals surface area contributed by atoms with Crippen molar-refractivity contribution < 1.29 is 4.39 Å². The van der Waals surface area contributed by atoms with Gasteiger partial charge >= 0.3 is 0 Å². The topological polar surface area (TPSA) is 91.4 Å². The van der Waals surface area contributed by atoms with Gasteiger partial charge in [-0.2, -0.15) is 15.6 Å². The normalized spacial score (nSPS) is 10.5. The summed E-state index contributed by atoms with van der Waals surface area (Å²) < 4.78 is 15.3. The van der Waals surface area contributed by atoms with Crippen LogP contribution in [-0.2, 0) is 0 Å². The second-order valence-electron chi connectivity index (χ2n) is 7.90. The molecule has 5 rings (SSSR count). The first-order chi connectivity index (χ1) is 17.1. The highest BCUT2D eigenvalue weighted by Gasteiger charge is 2.23. The van der Waals surface area contributed by atoms with Crippen molar-refractivity contribution in [1.82, 2.24) is 9.78 Å². The van der Waals surface area contributed by atoms with Crippen molar-refractivity contribution in [2.75, 3.05) is 5.73 Å². The maximum absolute atomic E-state index is 13.6. The van der Waals surface area contributed by atoms with Gasteiger partial charge < -0.3 is 5.73 Å². The molecule has 166 valence electrons. The summed E-state index contributed by atoms with van der Waals surface area (Å²) in [5, 5.41) is 24.7. The minimum atomic E-state index is -0.385. The van der Waals surface area contributed by atoms with Crippen molar-refractivity contribution in [2.45, 2.75) is 0 Å². The van der Waals surface area contributed by atoms with Crippen molar-refractivity contribution in [3.63, 3.8) is 0 Å². The van der Waals surface area contributed by atoms with Crippen LogP contribution in [0.3, 0.4) is 0 Å². The van der Waals surface area contributed by atoms with E-state index >= 15 is 0 Å². The van der Waals surface area contributed by atoms with Crippen LogP contribution in [0.15, 0.2) is 97.2 Å². The molecule has 0 amide bonds. The first kappa shape index (κ1) is 21.6. The Hall–Kier alpha value is -5.20. The number of halogens is 1. The molecule has 4 aromatic carbocycles. The third-order valence-electron chi connectivity index (χ3n) is 5.82. The van der Waals surface area contributed by atoms with E-state index in [2.05, 4.69) is 12.1 Å². The van der Waals surface area contributed by atoms with Crippen LogP contribution < -0.4 is 5.73 Å². The lowest BCUT2D eigenvalue weighted by atomic mass is 9.89. The molecule has 5 nitrogen and oxygen atoms in total. The lowest BCUT2D eigenvalue weighted by Crippen LogP contribution is -2.01. The molecule has 2 N–H and O–H groups in total.